The smallest absolute Gasteiger partial charge is 0.224 e. The van der Waals surface area contributed by atoms with Gasteiger partial charge in [0.05, 0.1) is 12.2 Å². The van der Waals surface area contributed by atoms with Gasteiger partial charge in [0.15, 0.2) is 0 Å². The molecule has 132 valence electrons. The van der Waals surface area contributed by atoms with Crippen LogP contribution < -0.4 is 10.6 Å². The van der Waals surface area contributed by atoms with E-state index < -0.39 is 12.2 Å². The Balaban J connectivity index is 1.58. The number of anilines is 2. The fourth-order valence-electron chi connectivity index (χ4n) is 2.25. The molecule has 0 fully saturated rings. The number of rotatable bonds is 8. The summed E-state index contributed by atoms with van der Waals surface area (Å²) in [5.74, 6) is 1.10. The molecule has 3 aromatic rings. The van der Waals surface area contributed by atoms with Crippen LogP contribution in [0.15, 0.2) is 39.8 Å². The third-order valence-electron chi connectivity index (χ3n) is 3.74. The molecular weight excluding hydrogens is 356 g/mol. The quantitative estimate of drug-likeness (QED) is 0.483. The standard InChI is InChI=1S/C17H20N4O2S2/c1-11-6-19-17(20-8-15(23)13-3-5-25-10-13)21-16(11)18-7-14(22)12-2-4-24-9-12/h2-6,9-10,14-15,22-23H,7-8H2,1H3,(H2,18,19,20,21). The van der Waals surface area contributed by atoms with Crippen molar-refractivity contribution in [3.8, 4) is 0 Å². The van der Waals surface area contributed by atoms with Crippen molar-refractivity contribution in [2.75, 3.05) is 23.7 Å². The number of nitrogens with zero attached hydrogens (tertiary/aromatic N) is 2. The fourth-order valence-corrected chi connectivity index (χ4v) is 3.67. The van der Waals surface area contributed by atoms with Crippen molar-refractivity contribution in [2.24, 2.45) is 0 Å². The first kappa shape index (κ1) is 17.8. The molecule has 4 N–H and O–H groups in total. The van der Waals surface area contributed by atoms with Crippen molar-refractivity contribution in [3.63, 3.8) is 0 Å². The Hall–Kier alpha value is -2.00. The van der Waals surface area contributed by atoms with E-state index in [-0.39, 0.29) is 0 Å². The SMILES string of the molecule is Cc1cnc(NCC(O)c2ccsc2)nc1NCC(O)c1ccsc1. The van der Waals surface area contributed by atoms with Crippen LogP contribution in [0.1, 0.15) is 28.9 Å². The van der Waals surface area contributed by atoms with Crippen molar-refractivity contribution < 1.29 is 10.2 Å². The van der Waals surface area contributed by atoms with Crippen LogP contribution in [0.4, 0.5) is 11.8 Å². The van der Waals surface area contributed by atoms with E-state index in [1.165, 1.54) is 0 Å². The van der Waals surface area contributed by atoms with Crippen molar-refractivity contribution in [1.82, 2.24) is 9.97 Å². The Kier molecular flexibility index (Phi) is 5.98. The topological polar surface area (TPSA) is 90.3 Å². The molecule has 0 amide bonds. The second kappa shape index (κ2) is 8.39. The number of aliphatic hydroxyl groups is 2. The summed E-state index contributed by atoms with van der Waals surface area (Å²) in [5, 5.41) is 34.2. The zero-order chi connectivity index (χ0) is 17.6. The number of nitrogens with one attached hydrogen (secondary N) is 2. The highest BCUT2D eigenvalue weighted by Gasteiger charge is 2.11. The maximum absolute atomic E-state index is 10.2. The molecule has 0 aliphatic carbocycles. The average molecular weight is 377 g/mol. The molecule has 3 aromatic heterocycles. The van der Waals surface area contributed by atoms with Crippen LogP contribution in [-0.2, 0) is 0 Å². The van der Waals surface area contributed by atoms with Crippen molar-refractivity contribution in [3.05, 3.63) is 56.5 Å². The lowest BCUT2D eigenvalue weighted by Gasteiger charge is -2.15. The molecular formula is C17H20N4O2S2. The average Bonchev–Trinajstić information content (AvgIpc) is 3.32. The summed E-state index contributed by atoms with van der Waals surface area (Å²) in [6, 6.07) is 3.80. The molecule has 2 atom stereocenters. The summed E-state index contributed by atoms with van der Waals surface area (Å²) >= 11 is 3.11. The van der Waals surface area contributed by atoms with Gasteiger partial charge in [-0.2, -0.15) is 27.7 Å². The normalized spacial score (nSPS) is 13.4. The molecule has 0 aliphatic rings. The first-order valence-corrected chi connectivity index (χ1v) is 9.73. The lowest BCUT2D eigenvalue weighted by Crippen LogP contribution is -2.16. The monoisotopic (exact) mass is 376 g/mol. The Labute approximate surface area is 154 Å². The number of aromatic nitrogens is 2. The van der Waals surface area contributed by atoms with Crippen LogP contribution in [0.5, 0.6) is 0 Å². The third kappa shape index (κ3) is 4.76. The van der Waals surface area contributed by atoms with Crippen LogP contribution in [0.2, 0.25) is 0 Å². The largest absolute Gasteiger partial charge is 0.387 e. The minimum atomic E-state index is -0.604. The van der Waals surface area contributed by atoms with E-state index in [1.54, 1.807) is 28.9 Å². The molecule has 0 saturated carbocycles. The number of hydrogen-bond donors (Lipinski definition) is 4. The van der Waals surface area contributed by atoms with Gasteiger partial charge in [0, 0.05) is 24.8 Å². The molecule has 0 radical (unpaired) electrons. The molecule has 0 saturated heterocycles. The molecule has 2 unspecified atom stereocenters. The van der Waals surface area contributed by atoms with E-state index in [2.05, 4.69) is 20.6 Å². The van der Waals surface area contributed by atoms with E-state index in [4.69, 9.17) is 0 Å². The second-order valence-corrected chi connectivity index (χ2v) is 7.19. The fraction of sp³-hybridized carbons (Fsp3) is 0.294. The predicted octanol–water partition coefficient (Wildman–Crippen LogP) is 3.20. The second-order valence-electron chi connectivity index (χ2n) is 5.63. The van der Waals surface area contributed by atoms with Crippen molar-refractivity contribution in [1.29, 1.82) is 0 Å². The van der Waals surface area contributed by atoms with Gasteiger partial charge in [-0.15, -0.1) is 0 Å². The lowest BCUT2D eigenvalue weighted by molar-refractivity contribution is 0.192. The molecule has 8 heteroatoms. The van der Waals surface area contributed by atoms with Crippen LogP contribution in [0.25, 0.3) is 0 Å². The Morgan fingerprint density at radius 1 is 1.00 bits per heavy atom. The van der Waals surface area contributed by atoms with Crippen molar-refractivity contribution in [2.45, 2.75) is 19.1 Å². The minimum absolute atomic E-state index is 0.330. The predicted molar refractivity (Wildman–Crippen MR) is 102 cm³/mol. The Bertz CT molecular complexity index is 778. The number of hydrogen-bond acceptors (Lipinski definition) is 8. The molecule has 3 rings (SSSR count). The summed E-state index contributed by atoms with van der Waals surface area (Å²) in [6.07, 6.45) is 0.524. The molecule has 0 aliphatic heterocycles. The minimum Gasteiger partial charge on any atom is -0.387 e. The summed E-state index contributed by atoms with van der Waals surface area (Å²) < 4.78 is 0. The summed E-state index contributed by atoms with van der Waals surface area (Å²) in [5.41, 5.74) is 2.66. The number of aryl methyl sites for hydroxylation is 1. The first-order valence-electron chi connectivity index (χ1n) is 7.85. The molecule has 3 heterocycles. The highest BCUT2D eigenvalue weighted by atomic mass is 32.1. The van der Waals surface area contributed by atoms with Gasteiger partial charge in [-0.1, -0.05) is 0 Å². The van der Waals surface area contributed by atoms with Gasteiger partial charge in [-0.05, 0) is 51.7 Å². The van der Waals surface area contributed by atoms with E-state index in [9.17, 15) is 10.2 Å². The van der Waals surface area contributed by atoms with Crippen LogP contribution in [0, 0.1) is 6.92 Å². The zero-order valence-electron chi connectivity index (χ0n) is 13.7. The first-order chi connectivity index (χ1) is 12.1. The van der Waals surface area contributed by atoms with E-state index in [0.29, 0.717) is 24.9 Å². The van der Waals surface area contributed by atoms with Gasteiger partial charge in [-0.25, -0.2) is 4.98 Å². The van der Waals surface area contributed by atoms with Crippen LogP contribution >= 0.6 is 22.7 Å². The highest BCUT2D eigenvalue weighted by molar-refractivity contribution is 7.08. The maximum Gasteiger partial charge on any atom is 0.224 e. The Morgan fingerprint density at radius 3 is 2.16 bits per heavy atom. The molecule has 0 bridgehead atoms. The molecule has 6 nitrogen and oxygen atoms in total. The van der Waals surface area contributed by atoms with Crippen LogP contribution in [-0.4, -0.2) is 33.3 Å². The van der Waals surface area contributed by atoms with Gasteiger partial charge < -0.3 is 20.8 Å². The van der Waals surface area contributed by atoms with Gasteiger partial charge >= 0.3 is 0 Å². The van der Waals surface area contributed by atoms with Crippen molar-refractivity contribution >= 4 is 34.4 Å². The number of aliphatic hydroxyl groups excluding tert-OH is 2. The summed E-state index contributed by atoms with van der Waals surface area (Å²) in [7, 11) is 0. The summed E-state index contributed by atoms with van der Waals surface area (Å²) in [4.78, 5) is 8.67. The van der Waals surface area contributed by atoms with E-state index >= 15 is 0 Å². The van der Waals surface area contributed by atoms with Gasteiger partial charge in [-0.3, -0.25) is 0 Å². The van der Waals surface area contributed by atoms with Gasteiger partial charge in [0.1, 0.15) is 5.82 Å². The molecule has 0 aromatic carbocycles. The third-order valence-corrected chi connectivity index (χ3v) is 5.15. The highest BCUT2D eigenvalue weighted by Crippen LogP contribution is 2.20. The van der Waals surface area contributed by atoms with Crippen LogP contribution in [0.3, 0.4) is 0 Å². The summed E-state index contributed by atoms with van der Waals surface area (Å²) in [6.45, 7) is 2.60. The Morgan fingerprint density at radius 2 is 1.60 bits per heavy atom. The maximum atomic E-state index is 10.2. The zero-order valence-corrected chi connectivity index (χ0v) is 15.3. The lowest BCUT2D eigenvalue weighted by atomic mass is 10.2. The molecule has 0 spiro atoms. The van der Waals surface area contributed by atoms with Gasteiger partial charge in [0.2, 0.25) is 5.95 Å². The number of thiophene rings is 2. The van der Waals surface area contributed by atoms with Gasteiger partial charge in [0.25, 0.3) is 0 Å². The molecule has 25 heavy (non-hydrogen) atoms. The van der Waals surface area contributed by atoms with E-state index in [1.807, 2.05) is 40.6 Å². The van der Waals surface area contributed by atoms with E-state index in [0.717, 1.165) is 16.7 Å².